The van der Waals surface area contributed by atoms with Crippen LogP contribution in [0.4, 0.5) is 8.78 Å². The second kappa shape index (κ2) is 8.94. The molecular weight excluding hydrogens is 344 g/mol. The van der Waals surface area contributed by atoms with Crippen LogP contribution in [-0.2, 0) is 11.2 Å². The number of ether oxygens (including phenoxy) is 1. The summed E-state index contributed by atoms with van der Waals surface area (Å²) in [5, 5.41) is 0. The lowest BCUT2D eigenvalue weighted by atomic mass is 9.97. The predicted octanol–water partition coefficient (Wildman–Crippen LogP) is 5.37. The highest BCUT2D eigenvalue weighted by Crippen LogP contribution is 2.31. The maximum atomic E-state index is 13.8. The van der Waals surface area contributed by atoms with E-state index in [1.54, 1.807) is 0 Å². The van der Waals surface area contributed by atoms with E-state index in [4.69, 9.17) is 4.74 Å². The molecule has 0 heterocycles. The summed E-state index contributed by atoms with van der Waals surface area (Å²) in [4.78, 5) is 2.37. The maximum Gasteiger partial charge on any atom is 0.129 e. The molecule has 0 aliphatic heterocycles. The third kappa shape index (κ3) is 5.14. The second-order valence-electron chi connectivity index (χ2n) is 7.64. The van der Waals surface area contributed by atoms with Gasteiger partial charge in [-0.25, -0.2) is 8.78 Å². The quantitative estimate of drug-likeness (QED) is 0.548. The number of benzene rings is 2. The second-order valence-corrected chi connectivity index (χ2v) is 7.64. The van der Waals surface area contributed by atoms with Crippen LogP contribution in [0.2, 0.25) is 0 Å². The summed E-state index contributed by atoms with van der Waals surface area (Å²) in [7, 11) is 2.15. The Balaban J connectivity index is 1.64. The van der Waals surface area contributed by atoms with Crippen LogP contribution in [0.25, 0.3) is 0 Å². The molecule has 0 spiro atoms. The summed E-state index contributed by atoms with van der Waals surface area (Å²) in [5.41, 5.74) is 3.84. The van der Waals surface area contributed by atoms with Gasteiger partial charge in [0.25, 0.3) is 0 Å². The molecule has 1 aliphatic carbocycles. The fraction of sp³-hybridized carbons (Fsp3) is 0.478. The number of nitrogens with zero attached hydrogens (tertiary/aromatic N) is 1. The minimum atomic E-state index is -0.477. The Morgan fingerprint density at radius 3 is 2.22 bits per heavy atom. The summed E-state index contributed by atoms with van der Waals surface area (Å²) < 4.78 is 33.8. The van der Waals surface area contributed by atoms with Crippen LogP contribution < -0.4 is 0 Å². The Morgan fingerprint density at radius 1 is 1.04 bits per heavy atom. The summed E-state index contributed by atoms with van der Waals surface area (Å²) >= 11 is 0. The third-order valence-electron chi connectivity index (χ3n) is 5.44. The molecular formula is C23H29F2NO. The number of hydrogen-bond donors (Lipinski definition) is 0. The van der Waals surface area contributed by atoms with Gasteiger partial charge in [-0.1, -0.05) is 24.3 Å². The van der Waals surface area contributed by atoms with Crippen molar-refractivity contribution in [2.45, 2.75) is 51.7 Å². The average Bonchev–Trinajstić information content (AvgIpc) is 3.45. The molecule has 0 radical (unpaired) electrons. The van der Waals surface area contributed by atoms with Crippen LogP contribution >= 0.6 is 0 Å². The molecule has 0 amide bonds. The molecule has 1 fully saturated rings. The van der Waals surface area contributed by atoms with Crippen LogP contribution in [-0.4, -0.2) is 31.1 Å². The number of rotatable bonds is 9. The Morgan fingerprint density at radius 2 is 1.63 bits per heavy atom. The lowest BCUT2D eigenvalue weighted by Gasteiger charge is -2.27. The predicted molar refractivity (Wildman–Crippen MR) is 105 cm³/mol. The van der Waals surface area contributed by atoms with Crippen LogP contribution in [0.15, 0.2) is 36.4 Å². The van der Waals surface area contributed by atoms with Gasteiger partial charge in [0.15, 0.2) is 0 Å². The van der Waals surface area contributed by atoms with E-state index < -0.39 is 11.6 Å². The van der Waals surface area contributed by atoms with Crippen molar-refractivity contribution in [2.75, 3.05) is 20.2 Å². The SMILES string of the molecule is Cc1cccc(C)c1C(CN(C)C1CC1)OCCCc1c(F)cccc1F. The summed E-state index contributed by atoms with van der Waals surface area (Å²) in [5.74, 6) is -0.954. The normalized spacial score (nSPS) is 15.3. The topological polar surface area (TPSA) is 12.5 Å². The van der Waals surface area contributed by atoms with E-state index >= 15 is 0 Å². The van der Waals surface area contributed by atoms with Crippen molar-refractivity contribution < 1.29 is 13.5 Å². The highest BCUT2D eigenvalue weighted by molar-refractivity contribution is 5.35. The fourth-order valence-electron chi connectivity index (χ4n) is 3.73. The molecule has 1 aliphatic rings. The number of aryl methyl sites for hydroxylation is 2. The van der Waals surface area contributed by atoms with E-state index in [1.807, 2.05) is 0 Å². The first kappa shape index (κ1) is 20.0. The van der Waals surface area contributed by atoms with Crippen molar-refractivity contribution in [1.82, 2.24) is 4.90 Å². The molecule has 0 N–H and O–H groups in total. The standard InChI is InChI=1S/C23H29F2NO/c1-16-7-4-8-17(2)23(16)22(15-26(3)18-12-13-18)27-14-6-9-19-20(24)10-5-11-21(19)25/h4-5,7-8,10-11,18,22H,6,9,12-15H2,1-3H3. The van der Waals surface area contributed by atoms with Crippen LogP contribution in [0.1, 0.15) is 47.6 Å². The fourth-order valence-corrected chi connectivity index (χ4v) is 3.73. The van der Waals surface area contributed by atoms with Gasteiger partial charge in [-0.3, -0.25) is 0 Å². The molecule has 2 aromatic carbocycles. The van der Waals surface area contributed by atoms with Crippen molar-refractivity contribution in [3.8, 4) is 0 Å². The van der Waals surface area contributed by atoms with E-state index in [0.717, 1.165) is 6.54 Å². The smallest absolute Gasteiger partial charge is 0.129 e. The zero-order valence-electron chi connectivity index (χ0n) is 16.5. The maximum absolute atomic E-state index is 13.8. The molecule has 146 valence electrons. The highest BCUT2D eigenvalue weighted by Gasteiger charge is 2.29. The number of halogens is 2. The molecule has 0 saturated heterocycles. The van der Waals surface area contributed by atoms with Crippen molar-refractivity contribution in [1.29, 1.82) is 0 Å². The summed E-state index contributed by atoms with van der Waals surface area (Å²) in [6.07, 6.45) is 3.41. The van der Waals surface area contributed by atoms with Crippen molar-refractivity contribution in [3.63, 3.8) is 0 Å². The van der Waals surface area contributed by atoms with Crippen molar-refractivity contribution in [3.05, 3.63) is 70.3 Å². The van der Waals surface area contributed by atoms with E-state index in [2.05, 4.69) is 44.0 Å². The summed E-state index contributed by atoms with van der Waals surface area (Å²) in [6.45, 7) is 5.55. The first-order valence-corrected chi connectivity index (χ1v) is 9.78. The lowest BCUT2D eigenvalue weighted by Crippen LogP contribution is -2.29. The van der Waals surface area contributed by atoms with Crippen LogP contribution in [0, 0.1) is 25.5 Å². The molecule has 1 saturated carbocycles. The van der Waals surface area contributed by atoms with Crippen molar-refractivity contribution >= 4 is 0 Å². The van der Waals surface area contributed by atoms with Gasteiger partial charge in [0.05, 0.1) is 6.10 Å². The van der Waals surface area contributed by atoms with Crippen LogP contribution in [0.5, 0.6) is 0 Å². The van der Waals surface area contributed by atoms with E-state index in [9.17, 15) is 8.78 Å². The first-order valence-electron chi connectivity index (χ1n) is 9.78. The average molecular weight is 373 g/mol. The van der Waals surface area contributed by atoms with Gasteiger partial charge in [0.1, 0.15) is 11.6 Å². The molecule has 27 heavy (non-hydrogen) atoms. The highest BCUT2D eigenvalue weighted by atomic mass is 19.1. The Hall–Kier alpha value is -1.78. The zero-order chi connectivity index (χ0) is 19.4. The van der Waals surface area contributed by atoms with E-state index in [-0.39, 0.29) is 11.7 Å². The Bertz CT molecular complexity index is 732. The molecule has 4 heteroatoms. The Kier molecular flexibility index (Phi) is 6.61. The minimum Gasteiger partial charge on any atom is -0.372 e. The van der Waals surface area contributed by atoms with Gasteiger partial charge in [-0.15, -0.1) is 0 Å². The number of likely N-dealkylation sites (N-methyl/N-ethyl adjacent to an activating group) is 1. The molecule has 1 unspecified atom stereocenters. The third-order valence-corrected chi connectivity index (χ3v) is 5.44. The van der Waals surface area contributed by atoms with Gasteiger partial charge in [0, 0.05) is 24.8 Å². The zero-order valence-corrected chi connectivity index (χ0v) is 16.5. The van der Waals surface area contributed by atoms with Gasteiger partial charge in [-0.2, -0.15) is 0 Å². The van der Waals surface area contributed by atoms with Gasteiger partial charge in [0.2, 0.25) is 0 Å². The molecule has 2 nitrogen and oxygen atoms in total. The van der Waals surface area contributed by atoms with Crippen LogP contribution in [0.3, 0.4) is 0 Å². The molecule has 3 rings (SSSR count). The number of hydrogen-bond acceptors (Lipinski definition) is 2. The Labute approximate surface area is 161 Å². The molecule has 2 aromatic rings. The largest absolute Gasteiger partial charge is 0.372 e. The van der Waals surface area contributed by atoms with E-state index in [1.165, 1.54) is 47.7 Å². The van der Waals surface area contributed by atoms with Gasteiger partial charge >= 0.3 is 0 Å². The molecule has 0 bridgehead atoms. The molecule has 0 aromatic heterocycles. The van der Waals surface area contributed by atoms with Gasteiger partial charge < -0.3 is 9.64 Å². The van der Waals surface area contributed by atoms with E-state index in [0.29, 0.717) is 25.5 Å². The first-order chi connectivity index (χ1) is 13.0. The minimum absolute atomic E-state index is 0.0257. The lowest BCUT2D eigenvalue weighted by molar-refractivity contribution is 0.0266. The monoisotopic (exact) mass is 373 g/mol. The van der Waals surface area contributed by atoms with Crippen molar-refractivity contribution in [2.24, 2.45) is 0 Å². The molecule has 1 atom stereocenters. The summed E-state index contributed by atoms with van der Waals surface area (Å²) in [6, 6.07) is 11.0. The van der Waals surface area contributed by atoms with Gasteiger partial charge in [-0.05, 0) is 75.4 Å².